The molecule has 0 unspecified atom stereocenters. The lowest BCUT2D eigenvalue weighted by molar-refractivity contribution is 0.0994. The van der Waals surface area contributed by atoms with Crippen molar-refractivity contribution in [3.05, 3.63) is 34.9 Å². The molecule has 0 heterocycles. The van der Waals surface area contributed by atoms with Gasteiger partial charge in [0.2, 0.25) is 0 Å². The minimum atomic E-state index is 0.272. The van der Waals surface area contributed by atoms with E-state index in [2.05, 4.69) is 12.1 Å². The number of hydrogen-bond donors (Lipinski definition) is 0. The third-order valence-electron chi connectivity index (χ3n) is 2.85. The monoisotopic (exact) mass is 199 g/mol. The van der Waals surface area contributed by atoms with E-state index in [0.29, 0.717) is 12.8 Å². The number of carbonyl (C=O) groups is 1. The number of nitriles is 1. The number of aryl methyl sites for hydroxylation is 2. The van der Waals surface area contributed by atoms with Crippen molar-refractivity contribution in [2.45, 2.75) is 32.1 Å². The Bertz CT molecular complexity index is 429. The number of fused-ring (bicyclic) bond motifs is 1. The third-order valence-corrected chi connectivity index (χ3v) is 2.85. The van der Waals surface area contributed by atoms with Crippen molar-refractivity contribution >= 4 is 5.78 Å². The maximum Gasteiger partial charge on any atom is 0.163 e. The van der Waals surface area contributed by atoms with Gasteiger partial charge in [-0.15, -0.1) is 0 Å². The van der Waals surface area contributed by atoms with Crippen LogP contribution in [0.1, 0.15) is 40.7 Å². The Hall–Kier alpha value is -1.62. The van der Waals surface area contributed by atoms with Crippen molar-refractivity contribution in [3.63, 3.8) is 0 Å². The lowest BCUT2D eigenvalue weighted by Crippen LogP contribution is -1.92. The Morgan fingerprint density at radius 2 is 2.20 bits per heavy atom. The van der Waals surface area contributed by atoms with Crippen LogP contribution in [-0.2, 0) is 12.8 Å². The Labute approximate surface area is 89.5 Å². The largest absolute Gasteiger partial charge is 0.294 e. The Morgan fingerprint density at radius 1 is 1.33 bits per heavy atom. The first-order valence-corrected chi connectivity index (χ1v) is 5.33. The summed E-state index contributed by atoms with van der Waals surface area (Å²) in [5.41, 5.74) is 3.34. The van der Waals surface area contributed by atoms with Gasteiger partial charge in [0.1, 0.15) is 0 Å². The molecule has 2 heteroatoms. The van der Waals surface area contributed by atoms with E-state index in [1.807, 2.05) is 12.1 Å². The van der Waals surface area contributed by atoms with Crippen LogP contribution in [0.2, 0.25) is 0 Å². The van der Waals surface area contributed by atoms with Crippen LogP contribution in [-0.4, -0.2) is 5.78 Å². The molecule has 0 aromatic heterocycles. The van der Waals surface area contributed by atoms with Gasteiger partial charge in [0.25, 0.3) is 0 Å². The molecule has 0 spiro atoms. The number of rotatable bonds is 3. The summed E-state index contributed by atoms with van der Waals surface area (Å²) in [6.07, 6.45) is 4.01. The molecule has 1 aromatic rings. The number of nitrogens with zero attached hydrogens (tertiary/aromatic N) is 1. The Balaban J connectivity index is 2.10. The van der Waals surface area contributed by atoms with Gasteiger partial charge >= 0.3 is 0 Å². The molecule has 0 saturated carbocycles. The highest BCUT2D eigenvalue weighted by atomic mass is 16.1. The molecule has 1 aromatic carbocycles. The standard InChI is InChI=1S/C13H13NO/c14-8-2-1-3-10-4-6-12-11(9-10)5-7-13(12)15/h4,6,9H,1-3,5,7H2. The van der Waals surface area contributed by atoms with E-state index in [0.717, 1.165) is 24.8 Å². The summed E-state index contributed by atoms with van der Waals surface area (Å²) in [5.74, 6) is 0.272. The van der Waals surface area contributed by atoms with Gasteiger partial charge in [0, 0.05) is 18.4 Å². The number of hydrogen-bond acceptors (Lipinski definition) is 2. The lowest BCUT2D eigenvalue weighted by atomic mass is 10.0. The zero-order chi connectivity index (χ0) is 10.7. The summed E-state index contributed by atoms with van der Waals surface area (Å²) in [5, 5.41) is 8.44. The van der Waals surface area contributed by atoms with Gasteiger partial charge < -0.3 is 0 Å². The fourth-order valence-corrected chi connectivity index (χ4v) is 2.04. The van der Waals surface area contributed by atoms with Crippen LogP contribution in [0.25, 0.3) is 0 Å². The van der Waals surface area contributed by atoms with Crippen molar-refractivity contribution < 1.29 is 4.79 Å². The van der Waals surface area contributed by atoms with Gasteiger partial charge in [-0.25, -0.2) is 0 Å². The Kier molecular flexibility index (Phi) is 2.82. The summed E-state index contributed by atoms with van der Waals surface area (Å²) < 4.78 is 0. The van der Waals surface area contributed by atoms with Crippen LogP contribution in [0.15, 0.2) is 18.2 Å². The fraction of sp³-hybridized carbons (Fsp3) is 0.385. The average Bonchev–Trinajstić information content (AvgIpc) is 2.61. The van der Waals surface area contributed by atoms with Crippen LogP contribution in [0.5, 0.6) is 0 Å². The third kappa shape index (κ3) is 2.07. The van der Waals surface area contributed by atoms with E-state index < -0.39 is 0 Å². The topological polar surface area (TPSA) is 40.9 Å². The van der Waals surface area contributed by atoms with Crippen LogP contribution < -0.4 is 0 Å². The van der Waals surface area contributed by atoms with Gasteiger partial charge in [-0.1, -0.05) is 18.2 Å². The molecule has 0 radical (unpaired) electrons. The predicted molar refractivity (Wildman–Crippen MR) is 57.6 cm³/mol. The maximum absolute atomic E-state index is 11.4. The predicted octanol–water partition coefficient (Wildman–Crippen LogP) is 2.66. The normalized spacial score (nSPS) is 13.7. The molecule has 2 rings (SSSR count). The zero-order valence-corrected chi connectivity index (χ0v) is 8.62. The highest BCUT2D eigenvalue weighted by Gasteiger charge is 2.18. The molecule has 0 saturated heterocycles. The molecule has 0 N–H and O–H groups in total. The summed E-state index contributed by atoms with van der Waals surface area (Å²) in [7, 11) is 0. The van der Waals surface area contributed by atoms with E-state index >= 15 is 0 Å². The van der Waals surface area contributed by atoms with Crippen LogP contribution in [0.3, 0.4) is 0 Å². The van der Waals surface area contributed by atoms with Crippen molar-refractivity contribution in [3.8, 4) is 6.07 Å². The summed E-state index contributed by atoms with van der Waals surface area (Å²) in [4.78, 5) is 11.4. The van der Waals surface area contributed by atoms with Crippen molar-refractivity contribution in [2.75, 3.05) is 0 Å². The smallest absolute Gasteiger partial charge is 0.163 e. The molecule has 15 heavy (non-hydrogen) atoms. The zero-order valence-electron chi connectivity index (χ0n) is 8.62. The molecule has 76 valence electrons. The SMILES string of the molecule is N#CCCCc1ccc2c(c1)CCC2=O. The highest BCUT2D eigenvalue weighted by Crippen LogP contribution is 2.23. The fourth-order valence-electron chi connectivity index (χ4n) is 2.04. The van der Waals surface area contributed by atoms with Crippen molar-refractivity contribution in [2.24, 2.45) is 0 Å². The lowest BCUT2D eigenvalue weighted by Gasteiger charge is -2.02. The van der Waals surface area contributed by atoms with Gasteiger partial charge in [0.05, 0.1) is 6.07 Å². The number of Topliss-reactive ketones (excluding diaryl/α,β-unsaturated/α-hetero) is 1. The molecule has 0 aliphatic heterocycles. The van der Waals surface area contributed by atoms with E-state index in [9.17, 15) is 4.79 Å². The molecule has 2 nitrogen and oxygen atoms in total. The number of carbonyl (C=O) groups excluding carboxylic acids is 1. The molecule has 0 atom stereocenters. The van der Waals surface area contributed by atoms with Crippen molar-refractivity contribution in [1.29, 1.82) is 5.26 Å². The van der Waals surface area contributed by atoms with Crippen molar-refractivity contribution in [1.82, 2.24) is 0 Å². The molecular weight excluding hydrogens is 186 g/mol. The molecule has 1 aliphatic rings. The minimum Gasteiger partial charge on any atom is -0.294 e. The van der Waals surface area contributed by atoms with Gasteiger partial charge in [0.15, 0.2) is 5.78 Å². The molecule has 0 bridgehead atoms. The van der Waals surface area contributed by atoms with Gasteiger partial charge in [-0.2, -0.15) is 5.26 Å². The molecular formula is C13H13NO. The quantitative estimate of drug-likeness (QED) is 0.702. The summed E-state index contributed by atoms with van der Waals surface area (Å²) >= 11 is 0. The van der Waals surface area contributed by atoms with Gasteiger partial charge in [-0.3, -0.25) is 4.79 Å². The number of ketones is 1. The molecule has 0 amide bonds. The first-order chi connectivity index (χ1) is 7.31. The van der Waals surface area contributed by atoms with E-state index in [4.69, 9.17) is 5.26 Å². The van der Waals surface area contributed by atoms with Crippen LogP contribution in [0, 0.1) is 11.3 Å². The first-order valence-electron chi connectivity index (χ1n) is 5.33. The number of benzene rings is 1. The van der Waals surface area contributed by atoms with Gasteiger partial charge in [-0.05, 0) is 30.4 Å². The average molecular weight is 199 g/mol. The second-order valence-corrected chi connectivity index (χ2v) is 3.93. The molecule has 1 aliphatic carbocycles. The summed E-state index contributed by atoms with van der Waals surface area (Å²) in [6.45, 7) is 0. The Morgan fingerprint density at radius 3 is 3.00 bits per heavy atom. The van der Waals surface area contributed by atoms with E-state index in [-0.39, 0.29) is 5.78 Å². The van der Waals surface area contributed by atoms with Crippen LogP contribution >= 0.6 is 0 Å². The second kappa shape index (κ2) is 4.27. The minimum absolute atomic E-state index is 0.272. The molecule has 0 fully saturated rings. The maximum atomic E-state index is 11.4. The van der Waals surface area contributed by atoms with E-state index in [1.165, 1.54) is 11.1 Å². The van der Waals surface area contributed by atoms with Crippen LogP contribution in [0.4, 0.5) is 0 Å². The second-order valence-electron chi connectivity index (χ2n) is 3.93. The summed E-state index contributed by atoms with van der Waals surface area (Å²) in [6, 6.07) is 8.22. The number of unbranched alkanes of at least 4 members (excludes halogenated alkanes) is 1. The first kappa shape index (κ1) is 9.92. The van der Waals surface area contributed by atoms with E-state index in [1.54, 1.807) is 0 Å². The highest BCUT2D eigenvalue weighted by molar-refractivity contribution is 6.00.